The highest BCUT2D eigenvalue weighted by Crippen LogP contribution is 2.30. The summed E-state index contributed by atoms with van der Waals surface area (Å²) in [7, 11) is 0. The summed E-state index contributed by atoms with van der Waals surface area (Å²) in [6.07, 6.45) is -4.36. The minimum absolute atomic E-state index is 0.0533. The lowest BCUT2D eigenvalue weighted by Gasteiger charge is -2.34. The number of carbonyl (C=O) groups excluding carboxylic acids is 1. The summed E-state index contributed by atoms with van der Waals surface area (Å²) in [6.45, 7) is 6.75. The zero-order valence-corrected chi connectivity index (χ0v) is 13.9. The summed E-state index contributed by atoms with van der Waals surface area (Å²) in [5.74, 6) is 0.0284. The minimum atomic E-state index is -4.30. The minimum Gasteiger partial charge on any atom is -0.374 e. The zero-order chi connectivity index (χ0) is 17.7. The van der Waals surface area contributed by atoms with Crippen LogP contribution in [-0.2, 0) is 15.7 Å². The summed E-state index contributed by atoms with van der Waals surface area (Å²) < 4.78 is 43.5. The van der Waals surface area contributed by atoms with Gasteiger partial charge in [-0.05, 0) is 23.6 Å². The number of nitrogens with zero attached hydrogens (tertiary/aromatic N) is 1. The Kier molecular flexibility index (Phi) is 6.23. The van der Waals surface area contributed by atoms with Crippen molar-refractivity contribution in [3.63, 3.8) is 0 Å². The molecule has 0 aromatic heterocycles. The topological polar surface area (TPSA) is 41.6 Å². The molecule has 0 unspecified atom stereocenters. The maximum atomic E-state index is 12.6. The third-order valence-electron chi connectivity index (χ3n) is 4.14. The normalized spacial score (nSPS) is 20.6. The number of amides is 1. The number of morpholine rings is 1. The molecule has 1 aliphatic rings. The van der Waals surface area contributed by atoms with Gasteiger partial charge in [0.05, 0.1) is 18.3 Å². The van der Waals surface area contributed by atoms with E-state index in [1.165, 1.54) is 6.92 Å². The van der Waals surface area contributed by atoms with E-state index in [1.807, 2.05) is 6.92 Å². The van der Waals surface area contributed by atoms with Gasteiger partial charge >= 0.3 is 6.18 Å². The van der Waals surface area contributed by atoms with Gasteiger partial charge in [0.15, 0.2) is 0 Å². The van der Waals surface area contributed by atoms with Crippen LogP contribution in [0.5, 0.6) is 0 Å². The van der Waals surface area contributed by atoms with E-state index in [2.05, 4.69) is 10.2 Å². The predicted molar refractivity (Wildman–Crippen MR) is 84.7 cm³/mol. The number of hydrogen-bond acceptors (Lipinski definition) is 3. The second-order valence-corrected chi connectivity index (χ2v) is 6.21. The number of nitrogens with one attached hydrogen (secondary N) is 1. The molecule has 1 aliphatic heterocycles. The Morgan fingerprint density at radius 3 is 2.62 bits per heavy atom. The van der Waals surface area contributed by atoms with E-state index in [0.717, 1.165) is 30.8 Å². The second kappa shape index (κ2) is 7.98. The number of ether oxygens (including phenoxy) is 1. The molecule has 134 valence electrons. The lowest BCUT2D eigenvalue weighted by molar-refractivity contribution is -0.137. The van der Waals surface area contributed by atoms with Gasteiger partial charge in [-0.3, -0.25) is 9.69 Å². The molecule has 0 aliphatic carbocycles. The molecule has 4 nitrogen and oxygen atoms in total. The van der Waals surface area contributed by atoms with Gasteiger partial charge in [0, 0.05) is 33.1 Å². The van der Waals surface area contributed by atoms with Crippen LogP contribution in [0.4, 0.5) is 13.2 Å². The SMILES string of the molecule is CC(=O)NC[C@H]1CN(C[C@H](C)c2ccc(C(F)(F)F)cc2)CCO1. The molecule has 1 aromatic rings. The van der Waals surface area contributed by atoms with Gasteiger partial charge in [0.25, 0.3) is 0 Å². The molecular weight excluding hydrogens is 321 g/mol. The van der Waals surface area contributed by atoms with E-state index in [4.69, 9.17) is 4.74 Å². The molecule has 1 amide bonds. The van der Waals surface area contributed by atoms with Crippen LogP contribution in [0.3, 0.4) is 0 Å². The van der Waals surface area contributed by atoms with E-state index in [1.54, 1.807) is 12.1 Å². The smallest absolute Gasteiger partial charge is 0.374 e. The fourth-order valence-corrected chi connectivity index (χ4v) is 2.82. The predicted octanol–water partition coefficient (Wildman–Crippen LogP) is 2.65. The first kappa shape index (κ1) is 18.7. The molecule has 0 bridgehead atoms. The van der Waals surface area contributed by atoms with Crippen molar-refractivity contribution >= 4 is 5.91 Å². The zero-order valence-electron chi connectivity index (χ0n) is 13.9. The highest BCUT2D eigenvalue weighted by Gasteiger charge is 2.30. The third-order valence-corrected chi connectivity index (χ3v) is 4.14. The van der Waals surface area contributed by atoms with Gasteiger partial charge in [-0.1, -0.05) is 19.1 Å². The van der Waals surface area contributed by atoms with E-state index < -0.39 is 11.7 Å². The fourth-order valence-electron chi connectivity index (χ4n) is 2.82. The van der Waals surface area contributed by atoms with Gasteiger partial charge in [0.1, 0.15) is 0 Å². The van der Waals surface area contributed by atoms with Crippen LogP contribution >= 0.6 is 0 Å². The maximum absolute atomic E-state index is 12.6. The molecule has 1 fully saturated rings. The number of alkyl halides is 3. The van der Waals surface area contributed by atoms with Crippen molar-refractivity contribution in [1.29, 1.82) is 0 Å². The summed E-state index contributed by atoms with van der Waals surface area (Å²) in [4.78, 5) is 13.2. The standard InChI is InChI=1S/C17H23F3N2O2/c1-12(14-3-5-15(6-4-14)17(18,19)20)10-22-7-8-24-16(11-22)9-21-13(2)23/h3-6,12,16H,7-11H2,1-2H3,(H,21,23)/t12-,16-/m0/s1. The van der Waals surface area contributed by atoms with Gasteiger partial charge in [-0.25, -0.2) is 0 Å². The molecule has 1 N–H and O–H groups in total. The number of rotatable bonds is 5. The molecule has 7 heteroatoms. The molecule has 24 heavy (non-hydrogen) atoms. The number of halogens is 3. The Hall–Kier alpha value is -1.60. The number of hydrogen-bond donors (Lipinski definition) is 1. The van der Waals surface area contributed by atoms with Crippen molar-refractivity contribution in [3.05, 3.63) is 35.4 Å². The summed E-state index contributed by atoms with van der Waals surface area (Å²) in [6, 6.07) is 5.35. The number of carbonyl (C=O) groups is 1. The van der Waals surface area contributed by atoms with E-state index in [9.17, 15) is 18.0 Å². The first-order chi connectivity index (χ1) is 11.3. The van der Waals surface area contributed by atoms with Crippen molar-refractivity contribution in [1.82, 2.24) is 10.2 Å². The lowest BCUT2D eigenvalue weighted by atomic mass is 9.98. The largest absolute Gasteiger partial charge is 0.416 e. The van der Waals surface area contributed by atoms with Gasteiger partial charge < -0.3 is 10.1 Å². The Bertz CT molecular complexity index is 546. The molecule has 1 saturated heterocycles. The van der Waals surface area contributed by atoms with Gasteiger partial charge in [-0.2, -0.15) is 13.2 Å². The van der Waals surface area contributed by atoms with E-state index >= 15 is 0 Å². The quantitative estimate of drug-likeness (QED) is 0.893. The van der Waals surface area contributed by atoms with Crippen LogP contribution in [0, 0.1) is 0 Å². The average molecular weight is 344 g/mol. The van der Waals surface area contributed by atoms with Crippen LogP contribution in [0.2, 0.25) is 0 Å². The maximum Gasteiger partial charge on any atom is 0.416 e. The highest BCUT2D eigenvalue weighted by atomic mass is 19.4. The Labute approximate surface area is 140 Å². The average Bonchev–Trinajstić information content (AvgIpc) is 2.52. The highest BCUT2D eigenvalue weighted by molar-refractivity contribution is 5.72. The van der Waals surface area contributed by atoms with E-state index in [0.29, 0.717) is 19.7 Å². The van der Waals surface area contributed by atoms with Crippen molar-refractivity contribution in [2.75, 3.05) is 32.8 Å². The van der Waals surface area contributed by atoms with Crippen LogP contribution < -0.4 is 5.32 Å². The van der Waals surface area contributed by atoms with Crippen LogP contribution in [0.25, 0.3) is 0 Å². The van der Waals surface area contributed by atoms with Gasteiger partial charge in [0.2, 0.25) is 5.91 Å². The Morgan fingerprint density at radius 1 is 1.38 bits per heavy atom. The molecule has 1 aromatic carbocycles. The summed E-state index contributed by atoms with van der Waals surface area (Å²) >= 11 is 0. The monoisotopic (exact) mass is 344 g/mol. The van der Waals surface area contributed by atoms with Crippen molar-refractivity contribution in [2.45, 2.75) is 32.0 Å². The molecule has 2 rings (SSSR count). The van der Waals surface area contributed by atoms with Crippen molar-refractivity contribution in [3.8, 4) is 0 Å². The molecule has 2 atom stereocenters. The van der Waals surface area contributed by atoms with Gasteiger partial charge in [-0.15, -0.1) is 0 Å². The Morgan fingerprint density at radius 2 is 2.04 bits per heavy atom. The number of benzene rings is 1. The fraction of sp³-hybridized carbons (Fsp3) is 0.588. The van der Waals surface area contributed by atoms with Crippen LogP contribution in [0.1, 0.15) is 30.9 Å². The van der Waals surface area contributed by atoms with Crippen LogP contribution in [0.15, 0.2) is 24.3 Å². The molecule has 0 radical (unpaired) electrons. The van der Waals surface area contributed by atoms with Crippen molar-refractivity contribution in [2.24, 2.45) is 0 Å². The summed E-state index contributed by atoms with van der Waals surface area (Å²) in [5, 5.41) is 2.74. The molecular formula is C17H23F3N2O2. The second-order valence-electron chi connectivity index (χ2n) is 6.21. The summed E-state index contributed by atoms with van der Waals surface area (Å²) in [5.41, 5.74) is 0.257. The molecule has 0 spiro atoms. The van der Waals surface area contributed by atoms with Crippen LogP contribution in [-0.4, -0.2) is 49.7 Å². The molecule has 0 saturated carbocycles. The van der Waals surface area contributed by atoms with Crippen molar-refractivity contribution < 1.29 is 22.7 Å². The molecule has 1 heterocycles. The first-order valence-corrected chi connectivity index (χ1v) is 8.01. The van der Waals surface area contributed by atoms with E-state index in [-0.39, 0.29) is 17.9 Å². The Balaban J connectivity index is 1.89. The first-order valence-electron chi connectivity index (χ1n) is 8.01. The third kappa shape index (κ3) is 5.49. The lowest BCUT2D eigenvalue weighted by Crippen LogP contribution is -2.48.